The number of carbonyl (C=O) groups is 1. The zero-order valence-electron chi connectivity index (χ0n) is 13.4. The standard InChI is InChI=1S/C19H22N2O2/c1-23-17-10-8-16(9-11-17)21-14-13-20-18(19(21)22)12-7-15-5-3-2-4-6-15/h2-6,8-11,18,20H,7,12-14H2,1H3/t18-/m0/s1. The van der Waals surface area contributed by atoms with Crippen molar-refractivity contribution in [3.8, 4) is 5.75 Å². The highest BCUT2D eigenvalue weighted by molar-refractivity contribution is 5.98. The molecule has 1 heterocycles. The maximum atomic E-state index is 12.7. The lowest BCUT2D eigenvalue weighted by Gasteiger charge is -2.33. The van der Waals surface area contributed by atoms with Gasteiger partial charge in [0.2, 0.25) is 5.91 Å². The first-order valence-electron chi connectivity index (χ1n) is 8.00. The summed E-state index contributed by atoms with van der Waals surface area (Å²) in [6.07, 6.45) is 1.72. The van der Waals surface area contributed by atoms with Gasteiger partial charge in [0.1, 0.15) is 5.75 Å². The molecular formula is C19H22N2O2. The van der Waals surface area contributed by atoms with E-state index >= 15 is 0 Å². The van der Waals surface area contributed by atoms with E-state index in [1.807, 2.05) is 47.4 Å². The molecule has 1 aliphatic heterocycles. The quantitative estimate of drug-likeness (QED) is 0.923. The molecule has 0 radical (unpaired) electrons. The van der Waals surface area contributed by atoms with Gasteiger partial charge in [0.15, 0.2) is 0 Å². The highest BCUT2D eigenvalue weighted by Crippen LogP contribution is 2.22. The smallest absolute Gasteiger partial charge is 0.244 e. The van der Waals surface area contributed by atoms with Crippen LogP contribution in [0, 0.1) is 0 Å². The van der Waals surface area contributed by atoms with Crippen LogP contribution >= 0.6 is 0 Å². The molecule has 0 aliphatic carbocycles. The molecule has 4 heteroatoms. The number of rotatable bonds is 5. The van der Waals surface area contributed by atoms with Crippen molar-refractivity contribution in [3.05, 3.63) is 60.2 Å². The first-order valence-corrected chi connectivity index (χ1v) is 8.00. The van der Waals surface area contributed by atoms with E-state index in [1.54, 1.807) is 7.11 Å². The second-order valence-corrected chi connectivity index (χ2v) is 5.72. The minimum Gasteiger partial charge on any atom is -0.497 e. The Hall–Kier alpha value is -2.33. The van der Waals surface area contributed by atoms with Gasteiger partial charge < -0.3 is 15.0 Å². The summed E-state index contributed by atoms with van der Waals surface area (Å²) in [5.74, 6) is 0.953. The molecule has 1 aliphatic rings. The van der Waals surface area contributed by atoms with Gasteiger partial charge in [0.25, 0.3) is 0 Å². The van der Waals surface area contributed by atoms with E-state index in [1.165, 1.54) is 5.56 Å². The fourth-order valence-corrected chi connectivity index (χ4v) is 2.94. The number of ether oxygens (including phenoxy) is 1. The number of hydrogen-bond donors (Lipinski definition) is 1. The molecular weight excluding hydrogens is 288 g/mol. The largest absolute Gasteiger partial charge is 0.497 e. The van der Waals surface area contributed by atoms with Crippen LogP contribution in [0.4, 0.5) is 5.69 Å². The van der Waals surface area contributed by atoms with Crippen molar-refractivity contribution < 1.29 is 9.53 Å². The van der Waals surface area contributed by atoms with Crippen molar-refractivity contribution in [2.24, 2.45) is 0 Å². The van der Waals surface area contributed by atoms with Crippen LogP contribution < -0.4 is 15.0 Å². The van der Waals surface area contributed by atoms with Gasteiger partial charge >= 0.3 is 0 Å². The number of hydrogen-bond acceptors (Lipinski definition) is 3. The van der Waals surface area contributed by atoms with Gasteiger partial charge in [-0.2, -0.15) is 0 Å². The lowest BCUT2D eigenvalue weighted by Crippen LogP contribution is -2.55. The Labute approximate surface area is 137 Å². The fourth-order valence-electron chi connectivity index (χ4n) is 2.94. The average molecular weight is 310 g/mol. The number of nitrogens with one attached hydrogen (secondary N) is 1. The Balaban J connectivity index is 1.65. The number of anilines is 1. The minimum atomic E-state index is -0.119. The minimum absolute atomic E-state index is 0.119. The molecule has 4 nitrogen and oxygen atoms in total. The van der Waals surface area contributed by atoms with E-state index in [0.717, 1.165) is 30.8 Å². The normalized spacial score (nSPS) is 18.0. The molecule has 1 N–H and O–H groups in total. The van der Waals surface area contributed by atoms with Crippen molar-refractivity contribution in [1.82, 2.24) is 5.32 Å². The summed E-state index contributed by atoms with van der Waals surface area (Å²) in [6.45, 7) is 1.52. The third-order valence-electron chi connectivity index (χ3n) is 4.24. The van der Waals surface area contributed by atoms with E-state index in [4.69, 9.17) is 4.74 Å². The first kappa shape index (κ1) is 15.6. The fraction of sp³-hybridized carbons (Fsp3) is 0.316. The van der Waals surface area contributed by atoms with E-state index < -0.39 is 0 Å². The Morgan fingerprint density at radius 3 is 2.57 bits per heavy atom. The topological polar surface area (TPSA) is 41.6 Å². The second kappa shape index (κ2) is 7.29. The summed E-state index contributed by atoms with van der Waals surface area (Å²) in [7, 11) is 1.64. The number of nitrogens with zero attached hydrogens (tertiary/aromatic N) is 1. The molecule has 3 rings (SSSR count). The molecule has 23 heavy (non-hydrogen) atoms. The summed E-state index contributed by atoms with van der Waals surface area (Å²) in [5, 5.41) is 3.35. The lowest BCUT2D eigenvalue weighted by molar-refractivity contribution is -0.121. The molecule has 1 amide bonds. The monoisotopic (exact) mass is 310 g/mol. The predicted molar refractivity (Wildman–Crippen MR) is 91.9 cm³/mol. The van der Waals surface area contributed by atoms with E-state index in [-0.39, 0.29) is 11.9 Å². The van der Waals surface area contributed by atoms with Crippen LogP contribution in [-0.2, 0) is 11.2 Å². The van der Waals surface area contributed by atoms with Gasteiger partial charge in [0.05, 0.1) is 13.2 Å². The Morgan fingerprint density at radius 2 is 1.87 bits per heavy atom. The Bertz CT molecular complexity index is 640. The summed E-state index contributed by atoms with van der Waals surface area (Å²) in [6, 6.07) is 17.8. The predicted octanol–water partition coefficient (Wildman–Crippen LogP) is 2.63. The van der Waals surface area contributed by atoms with Crippen LogP contribution in [0.2, 0.25) is 0 Å². The van der Waals surface area contributed by atoms with Gasteiger partial charge in [-0.15, -0.1) is 0 Å². The summed E-state index contributed by atoms with van der Waals surface area (Å²) >= 11 is 0. The maximum Gasteiger partial charge on any atom is 0.244 e. The van der Waals surface area contributed by atoms with Crippen LogP contribution in [0.5, 0.6) is 5.75 Å². The molecule has 0 aromatic heterocycles. The maximum absolute atomic E-state index is 12.7. The molecule has 2 aromatic rings. The number of amides is 1. The summed E-state index contributed by atoms with van der Waals surface area (Å²) in [4.78, 5) is 14.6. The van der Waals surface area contributed by atoms with Crippen molar-refractivity contribution in [2.75, 3.05) is 25.1 Å². The third kappa shape index (κ3) is 3.71. The Kier molecular flexibility index (Phi) is 4.93. The zero-order chi connectivity index (χ0) is 16.1. The molecule has 0 spiro atoms. The number of benzene rings is 2. The van der Waals surface area contributed by atoms with Crippen LogP contribution in [0.25, 0.3) is 0 Å². The van der Waals surface area contributed by atoms with Crippen molar-refractivity contribution in [3.63, 3.8) is 0 Å². The molecule has 120 valence electrons. The lowest BCUT2D eigenvalue weighted by atomic mass is 10.0. The van der Waals surface area contributed by atoms with E-state index in [0.29, 0.717) is 6.54 Å². The van der Waals surface area contributed by atoms with Gasteiger partial charge in [-0.05, 0) is 42.7 Å². The summed E-state index contributed by atoms with van der Waals surface area (Å²) in [5.41, 5.74) is 2.20. The first-order chi connectivity index (χ1) is 11.3. The van der Waals surface area contributed by atoms with Gasteiger partial charge in [-0.3, -0.25) is 4.79 Å². The summed E-state index contributed by atoms with van der Waals surface area (Å²) < 4.78 is 5.18. The Morgan fingerprint density at radius 1 is 1.13 bits per heavy atom. The van der Waals surface area contributed by atoms with Crippen LogP contribution in [-0.4, -0.2) is 32.1 Å². The highest BCUT2D eigenvalue weighted by atomic mass is 16.5. The van der Waals surface area contributed by atoms with Crippen molar-refractivity contribution in [1.29, 1.82) is 0 Å². The van der Waals surface area contributed by atoms with Gasteiger partial charge in [-0.1, -0.05) is 30.3 Å². The number of piperazine rings is 1. The van der Waals surface area contributed by atoms with Gasteiger partial charge in [-0.25, -0.2) is 0 Å². The SMILES string of the molecule is COc1ccc(N2CCN[C@@H](CCc3ccccc3)C2=O)cc1. The third-order valence-corrected chi connectivity index (χ3v) is 4.24. The van der Waals surface area contributed by atoms with E-state index in [2.05, 4.69) is 17.4 Å². The van der Waals surface area contributed by atoms with Crippen LogP contribution in [0.15, 0.2) is 54.6 Å². The van der Waals surface area contributed by atoms with Crippen LogP contribution in [0.3, 0.4) is 0 Å². The molecule has 0 unspecified atom stereocenters. The molecule has 1 saturated heterocycles. The van der Waals surface area contributed by atoms with E-state index in [9.17, 15) is 4.79 Å². The molecule has 0 bridgehead atoms. The number of carbonyl (C=O) groups excluding carboxylic acids is 1. The second-order valence-electron chi connectivity index (χ2n) is 5.72. The van der Waals surface area contributed by atoms with Crippen LogP contribution in [0.1, 0.15) is 12.0 Å². The number of aryl methyl sites for hydroxylation is 1. The van der Waals surface area contributed by atoms with Crippen molar-refractivity contribution >= 4 is 11.6 Å². The van der Waals surface area contributed by atoms with Crippen molar-refractivity contribution in [2.45, 2.75) is 18.9 Å². The molecule has 0 saturated carbocycles. The zero-order valence-corrected chi connectivity index (χ0v) is 13.4. The average Bonchev–Trinajstić information content (AvgIpc) is 2.62. The highest BCUT2D eigenvalue weighted by Gasteiger charge is 2.28. The molecule has 2 aromatic carbocycles. The molecule has 1 fully saturated rings. The number of methoxy groups -OCH3 is 1. The van der Waals surface area contributed by atoms with Gasteiger partial charge in [0, 0.05) is 18.8 Å². The molecule has 1 atom stereocenters.